The van der Waals surface area contributed by atoms with E-state index in [1.54, 1.807) is 0 Å². The molecule has 0 heterocycles. The van der Waals surface area contributed by atoms with Crippen molar-refractivity contribution in [2.24, 2.45) is 4.99 Å². The smallest absolute Gasteiger partial charge is 0.371 e. The lowest BCUT2D eigenvalue weighted by molar-refractivity contribution is -0.129. The minimum absolute atomic E-state index is 0.575. The van der Waals surface area contributed by atoms with Crippen LogP contribution in [0.1, 0.15) is 19.8 Å². The molecule has 0 saturated heterocycles. The van der Waals surface area contributed by atoms with Gasteiger partial charge >= 0.3 is 5.97 Å². The fraction of sp³-hybridized carbons (Fsp3) is 0.444. The van der Waals surface area contributed by atoms with Crippen molar-refractivity contribution >= 4 is 18.1 Å². The van der Waals surface area contributed by atoms with Gasteiger partial charge in [0, 0.05) is 6.54 Å². The van der Waals surface area contributed by atoms with Crippen LogP contribution in [-0.4, -0.2) is 29.8 Å². The highest BCUT2D eigenvalue weighted by Crippen LogP contribution is 1.99. The molecule has 0 amide bonds. The Labute approximate surface area is 83.1 Å². The van der Waals surface area contributed by atoms with Crippen LogP contribution in [0.15, 0.2) is 17.1 Å². The summed E-state index contributed by atoms with van der Waals surface area (Å²) in [6.07, 6.45) is 3.02. The molecule has 0 fully saturated rings. The van der Waals surface area contributed by atoms with Gasteiger partial charge in [0.2, 0.25) is 5.84 Å². The highest BCUT2D eigenvalue weighted by atomic mass is 16.4. The van der Waals surface area contributed by atoms with Gasteiger partial charge in [-0.2, -0.15) is 0 Å². The number of nitrogens with one attached hydrogen (secondary N) is 2. The summed E-state index contributed by atoms with van der Waals surface area (Å²) in [5.41, 5.74) is 1.10. The molecule has 0 atom stereocenters. The molecule has 0 unspecified atom stereocenters. The third-order valence-corrected chi connectivity index (χ3v) is 1.40. The third-order valence-electron chi connectivity index (χ3n) is 1.40. The lowest BCUT2D eigenvalue weighted by Gasteiger charge is -1.97. The van der Waals surface area contributed by atoms with E-state index in [-0.39, 0.29) is 0 Å². The lowest BCUT2D eigenvalue weighted by atomic mass is 10.2. The van der Waals surface area contributed by atoms with Gasteiger partial charge in [-0.1, -0.05) is 5.57 Å². The van der Waals surface area contributed by atoms with Crippen LogP contribution < -0.4 is 5.32 Å². The number of hydrogen-bond acceptors (Lipinski definition) is 3. The molecule has 0 radical (unpaired) electrons. The first-order valence-electron chi connectivity index (χ1n) is 4.25. The summed E-state index contributed by atoms with van der Waals surface area (Å²) in [6.45, 7) is 6.30. The molecule has 0 bridgehead atoms. The van der Waals surface area contributed by atoms with E-state index in [4.69, 9.17) is 10.5 Å². The first-order valence-corrected chi connectivity index (χ1v) is 4.25. The number of carbonyl (C=O) groups is 1. The monoisotopic (exact) mass is 197 g/mol. The SMILES string of the molecule is C=C(C)CCCN=CNC(=N)C(=O)O. The summed E-state index contributed by atoms with van der Waals surface area (Å²) < 4.78 is 0. The van der Waals surface area contributed by atoms with Crippen LogP contribution in [0.4, 0.5) is 0 Å². The van der Waals surface area contributed by atoms with Crippen molar-refractivity contribution in [1.82, 2.24) is 5.32 Å². The van der Waals surface area contributed by atoms with Crippen molar-refractivity contribution < 1.29 is 9.90 Å². The quantitative estimate of drug-likeness (QED) is 0.266. The van der Waals surface area contributed by atoms with Crippen molar-refractivity contribution in [3.63, 3.8) is 0 Å². The Morgan fingerprint density at radius 3 is 2.86 bits per heavy atom. The van der Waals surface area contributed by atoms with Crippen LogP contribution in [-0.2, 0) is 4.79 Å². The summed E-state index contributed by atoms with van der Waals surface area (Å²) in [5.74, 6) is -1.87. The molecule has 0 aromatic rings. The van der Waals surface area contributed by atoms with Gasteiger partial charge in [-0.15, -0.1) is 6.58 Å². The molecule has 5 heteroatoms. The highest BCUT2D eigenvalue weighted by Gasteiger charge is 2.01. The molecule has 0 aliphatic heterocycles. The van der Waals surface area contributed by atoms with Crippen LogP contribution in [0.2, 0.25) is 0 Å². The van der Waals surface area contributed by atoms with E-state index in [9.17, 15) is 4.79 Å². The van der Waals surface area contributed by atoms with E-state index in [1.807, 2.05) is 6.92 Å². The van der Waals surface area contributed by atoms with Crippen molar-refractivity contribution in [3.05, 3.63) is 12.2 Å². The number of allylic oxidation sites excluding steroid dienone is 1. The molecule has 5 nitrogen and oxygen atoms in total. The summed E-state index contributed by atoms with van der Waals surface area (Å²) in [4.78, 5) is 14.0. The zero-order chi connectivity index (χ0) is 11.0. The number of rotatable bonds is 5. The van der Waals surface area contributed by atoms with Gasteiger partial charge in [0.1, 0.15) is 0 Å². The number of carboxylic acid groups (broad SMARTS) is 1. The molecule has 0 spiro atoms. The third kappa shape index (κ3) is 7.02. The van der Waals surface area contributed by atoms with Gasteiger partial charge in [-0.3, -0.25) is 10.4 Å². The van der Waals surface area contributed by atoms with Gasteiger partial charge in [0.15, 0.2) is 0 Å². The summed E-state index contributed by atoms with van der Waals surface area (Å²) in [5, 5.41) is 17.4. The van der Waals surface area contributed by atoms with Gasteiger partial charge in [0.05, 0.1) is 6.34 Å². The van der Waals surface area contributed by atoms with Gasteiger partial charge < -0.3 is 10.4 Å². The maximum Gasteiger partial charge on any atom is 0.371 e. The van der Waals surface area contributed by atoms with Crippen molar-refractivity contribution in [2.45, 2.75) is 19.8 Å². The predicted molar refractivity (Wildman–Crippen MR) is 55.9 cm³/mol. The van der Waals surface area contributed by atoms with Gasteiger partial charge in [0.25, 0.3) is 0 Å². The Morgan fingerprint density at radius 2 is 2.36 bits per heavy atom. The molecule has 3 N–H and O–H groups in total. The minimum atomic E-state index is -1.29. The molecule has 0 aromatic carbocycles. The topological polar surface area (TPSA) is 85.5 Å². The molecule has 0 aromatic heterocycles. The standard InChI is InChI=1S/C9H15N3O2/c1-7(2)4-3-5-11-6-12-8(10)9(13)14/h6H,1,3-5H2,2H3,(H,13,14)(H2,10,11,12). The second-order valence-corrected chi connectivity index (χ2v) is 2.92. The van der Waals surface area contributed by atoms with E-state index in [2.05, 4.69) is 16.9 Å². The first kappa shape index (κ1) is 12.3. The van der Waals surface area contributed by atoms with Crippen LogP contribution >= 0.6 is 0 Å². The van der Waals surface area contributed by atoms with E-state index in [0.717, 1.165) is 18.4 Å². The summed E-state index contributed by atoms with van der Waals surface area (Å²) in [7, 11) is 0. The molecule has 0 rings (SSSR count). The van der Waals surface area contributed by atoms with Crippen molar-refractivity contribution in [2.75, 3.05) is 6.54 Å². The van der Waals surface area contributed by atoms with Crippen LogP contribution in [0.3, 0.4) is 0 Å². The number of carboxylic acids is 1. The zero-order valence-electron chi connectivity index (χ0n) is 8.21. The molecular weight excluding hydrogens is 182 g/mol. The minimum Gasteiger partial charge on any atom is -0.475 e. The summed E-state index contributed by atoms with van der Waals surface area (Å²) in [6, 6.07) is 0. The lowest BCUT2D eigenvalue weighted by Crippen LogP contribution is -2.28. The van der Waals surface area contributed by atoms with Crippen LogP contribution in [0.5, 0.6) is 0 Å². The molecular formula is C9H15N3O2. The predicted octanol–water partition coefficient (Wildman–Crippen LogP) is 1.02. The molecule has 14 heavy (non-hydrogen) atoms. The first-order chi connectivity index (χ1) is 6.54. The fourth-order valence-electron chi connectivity index (χ4n) is 0.709. The number of nitrogens with zero attached hydrogens (tertiary/aromatic N) is 1. The number of aliphatic imine (C=N–C) groups is 1. The van der Waals surface area contributed by atoms with Crippen molar-refractivity contribution in [3.8, 4) is 0 Å². The van der Waals surface area contributed by atoms with Crippen LogP contribution in [0, 0.1) is 5.41 Å². The largest absolute Gasteiger partial charge is 0.475 e. The number of amidine groups is 1. The summed E-state index contributed by atoms with van der Waals surface area (Å²) >= 11 is 0. The van der Waals surface area contributed by atoms with E-state index < -0.39 is 11.8 Å². The Balaban J connectivity index is 3.50. The molecule has 0 aliphatic carbocycles. The second-order valence-electron chi connectivity index (χ2n) is 2.92. The Bertz CT molecular complexity index is 259. The maximum atomic E-state index is 10.1. The zero-order valence-corrected chi connectivity index (χ0v) is 8.21. The molecule has 78 valence electrons. The number of aliphatic carboxylic acids is 1. The van der Waals surface area contributed by atoms with Crippen LogP contribution in [0.25, 0.3) is 0 Å². The highest BCUT2D eigenvalue weighted by molar-refractivity contribution is 6.35. The van der Waals surface area contributed by atoms with E-state index in [0.29, 0.717) is 6.54 Å². The van der Waals surface area contributed by atoms with Crippen molar-refractivity contribution in [1.29, 1.82) is 5.41 Å². The Hall–Kier alpha value is -1.65. The molecule has 0 saturated carbocycles. The average Bonchev–Trinajstić information content (AvgIpc) is 2.09. The maximum absolute atomic E-state index is 10.1. The second kappa shape index (κ2) is 6.82. The fourth-order valence-corrected chi connectivity index (χ4v) is 0.709. The molecule has 0 aliphatic rings. The van der Waals surface area contributed by atoms with E-state index >= 15 is 0 Å². The average molecular weight is 197 g/mol. The van der Waals surface area contributed by atoms with Gasteiger partial charge in [-0.05, 0) is 19.8 Å². The van der Waals surface area contributed by atoms with E-state index in [1.165, 1.54) is 6.34 Å². The number of hydrogen-bond donors (Lipinski definition) is 3. The normalized spacial score (nSPS) is 10.1. The Morgan fingerprint density at radius 1 is 1.71 bits per heavy atom. The van der Waals surface area contributed by atoms with Gasteiger partial charge in [-0.25, -0.2) is 4.79 Å². The Kier molecular flexibility index (Phi) is 6.02.